The van der Waals surface area contributed by atoms with Gasteiger partial charge in [0.15, 0.2) is 0 Å². The Bertz CT molecular complexity index is 856. The van der Waals surface area contributed by atoms with Gasteiger partial charge in [-0.25, -0.2) is 14.3 Å². The topological polar surface area (TPSA) is 91.5 Å². The number of pyridine rings is 1. The maximum Gasteiger partial charge on any atom is 0.431 e. The molecule has 0 fully saturated rings. The summed E-state index contributed by atoms with van der Waals surface area (Å²) >= 11 is 5.75. The molecule has 6 nitrogen and oxygen atoms in total. The summed E-state index contributed by atoms with van der Waals surface area (Å²) in [5.41, 5.74) is -3.63. The lowest BCUT2D eigenvalue weighted by Gasteiger charge is -2.09. The molecule has 0 amide bonds. The van der Waals surface area contributed by atoms with Crippen LogP contribution in [0.2, 0.25) is 5.15 Å². The molecule has 24 heavy (non-hydrogen) atoms. The molecule has 2 aromatic heterocycles. The maximum atomic E-state index is 12.5. The first-order valence-electron chi connectivity index (χ1n) is 6.66. The van der Waals surface area contributed by atoms with E-state index < -0.39 is 23.1 Å². The molecule has 2 aromatic rings. The Labute approximate surface area is 139 Å². The van der Waals surface area contributed by atoms with Crippen LogP contribution in [0.4, 0.5) is 13.2 Å². The normalized spacial score (nSPS) is 10.6. The second-order valence-electron chi connectivity index (χ2n) is 4.23. The number of nitriles is 1. The lowest BCUT2D eigenvalue weighted by atomic mass is 10.2. The summed E-state index contributed by atoms with van der Waals surface area (Å²) in [5, 5.41) is 8.60. The summed E-state index contributed by atoms with van der Waals surface area (Å²) in [4.78, 5) is 28.8. The molecule has 0 aromatic carbocycles. The molecule has 1 N–H and O–H groups in total. The molecular weight excluding hydrogens is 349 g/mol. The Morgan fingerprint density at radius 3 is 2.29 bits per heavy atom. The number of nitrogens with one attached hydrogen (secondary N) is 1. The van der Waals surface area contributed by atoms with Crippen LogP contribution in [0, 0.1) is 18.3 Å². The van der Waals surface area contributed by atoms with Crippen LogP contribution < -0.4 is 11.2 Å². The van der Waals surface area contributed by atoms with E-state index in [0.29, 0.717) is 10.1 Å². The summed E-state index contributed by atoms with van der Waals surface area (Å²) in [7, 11) is 0. The highest BCUT2D eigenvalue weighted by atomic mass is 35.5. The molecule has 0 aliphatic rings. The van der Waals surface area contributed by atoms with Gasteiger partial charge in [0.05, 0.1) is 5.56 Å². The molecule has 10 heteroatoms. The molecule has 0 unspecified atom stereocenters. The quantitative estimate of drug-likeness (QED) is 0.791. The molecule has 2 rings (SSSR count). The SMILES string of the molecule is CC.Cc1cc(-n2c(=O)cc(C(F)(F)F)[nH]c2=O)nc(Cl)c1C#N. The number of rotatable bonds is 1. The van der Waals surface area contributed by atoms with Gasteiger partial charge >= 0.3 is 11.9 Å². The van der Waals surface area contributed by atoms with Crippen LogP contribution in [0.1, 0.15) is 30.7 Å². The first kappa shape index (κ1) is 19.4. The predicted octanol–water partition coefficient (Wildman–Crippen LogP) is 2.80. The molecule has 0 spiro atoms. The highest BCUT2D eigenvalue weighted by Crippen LogP contribution is 2.25. The van der Waals surface area contributed by atoms with Crippen LogP contribution in [-0.2, 0) is 6.18 Å². The number of alkyl halides is 3. The highest BCUT2D eigenvalue weighted by Gasteiger charge is 2.33. The van der Waals surface area contributed by atoms with Gasteiger partial charge < -0.3 is 4.98 Å². The third-order valence-corrected chi connectivity index (χ3v) is 3.01. The molecule has 0 aliphatic heterocycles. The summed E-state index contributed by atoms with van der Waals surface area (Å²) in [6.45, 7) is 5.49. The zero-order chi connectivity index (χ0) is 18.7. The summed E-state index contributed by atoms with van der Waals surface area (Å²) in [5.74, 6) is -0.276. The van der Waals surface area contributed by atoms with Gasteiger partial charge in [0.2, 0.25) is 0 Å². The molecule has 0 saturated heterocycles. The molecule has 0 aliphatic carbocycles. The Hall–Kier alpha value is -2.60. The van der Waals surface area contributed by atoms with E-state index in [1.807, 2.05) is 13.8 Å². The smallest absolute Gasteiger partial charge is 0.303 e. The second kappa shape index (κ2) is 7.31. The van der Waals surface area contributed by atoms with E-state index in [9.17, 15) is 22.8 Å². The number of nitrogens with zero attached hydrogens (tertiary/aromatic N) is 3. The maximum absolute atomic E-state index is 12.5. The molecule has 0 radical (unpaired) electrons. The largest absolute Gasteiger partial charge is 0.431 e. The number of aromatic amines is 1. The van der Waals surface area contributed by atoms with Gasteiger partial charge in [0.1, 0.15) is 22.7 Å². The van der Waals surface area contributed by atoms with E-state index in [-0.39, 0.29) is 22.6 Å². The van der Waals surface area contributed by atoms with E-state index in [4.69, 9.17) is 16.9 Å². The standard InChI is InChI=1S/C12H6ClF3N4O2.C2H6/c1-5-2-8(19-10(13)6(5)4-17)20-9(21)3-7(12(14,15)16)18-11(20)22;1-2/h2-3H,1H3,(H,18,22);1-2H3. The fourth-order valence-electron chi connectivity index (χ4n) is 1.73. The van der Waals surface area contributed by atoms with Crippen LogP contribution >= 0.6 is 11.6 Å². The fraction of sp³-hybridized carbons (Fsp3) is 0.286. The summed E-state index contributed by atoms with van der Waals surface area (Å²) in [6, 6.07) is 3.23. The van der Waals surface area contributed by atoms with Gasteiger partial charge in [-0.05, 0) is 18.6 Å². The zero-order valence-electron chi connectivity index (χ0n) is 12.8. The van der Waals surface area contributed by atoms with Crippen LogP contribution in [0.25, 0.3) is 5.82 Å². The van der Waals surface area contributed by atoms with E-state index in [2.05, 4.69) is 4.98 Å². The van der Waals surface area contributed by atoms with Crippen molar-refractivity contribution in [1.82, 2.24) is 14.5 Å². The Kier molecular flexibility index (Phi) is 5.93. The molecule has 128 valence electrons. The van der Waals surface area contributed by atoms with Crippen LogP contribution in [0.15, 0.2) is 21.7 Å². The van der Waals surface area contributed by atoms with Crippen molar-refractivity contribution in [2.24, 2.45) is 0 Å². The minimum Gasteiger partial charge on any atom is -0.303 e. The number of halogens is 4. The van der Waals surface area contributed by atoms with Gasteiger partial charge in [-0.15, -0.1) is 0 Å². The highest BCUT2D eigenvalue weighted by molar-refractivity contribution is 6.30. The van der Waals surface area contributed by atoms with E-state index >= 15 is 0 Å². The summed E-state index contributed by atoms with van der Waals surface area (Å²) < 4.78 is 38.0. The van der Waals surface area contributed by atoms with E-state index in [1.54, 1.807) is 11.1 Å². The van der Waals surface area contributed by atoms with E-state index in [0.717, 1.165) is 0 Å². The minimum atomic E-state index is -4.86. The predicted molar refractivity (Wildman–Crippen MR) is 81.3 cm³/mol. The Morgan fingerprint density at radius 2 is 1.88 bits per heavy atom. The third-order valence-electron chi connectivity index (χ3n) is 2.74. The molecule has 0 bridgehead atoms. The first-order chi connectivity index (χ1) is 11.1. The third kappa shape index (κ3) is 3.83. The number of aromatic nitrogens is 3. The second-order valence-corrected chi connectivity index (χ2v) is 4.59. The minimum absolute atomic E-state index is 0.0433. The average molecular weight is 361 g/mol. The van der Waals surface area contributed by atoms with Crippen LogP contribution in [-0.4, -0.2) is 14.5 Å². The van der Waals surface area contributed by atoms with Crippen molar-refractivity contribution < 1.29 is 13.2 Å². The van der Waals surface area contributed by atoms with Gasteiger partial charge in [-0.2, -0.15) is 18.4 Å². The number of hydrogen-bond acceptors (Lipinski definition) is 4. The average Bonchev–Trinajstić information content (AvgIpc) is 2.47. The van der Waals surface area contributed by atoms with Crippen molar-refractivity contribution in [3.63, 3.8) is 0 Å². The molecule has 0 atom stereocenters. The van der Waals surface area contributed by atoms with Crippen molar-refractivity contribution in [3.05, 3.63) is 54.9 Å². The molecular formula is C14H12ClF3N4O2. The van der Waals surface area contributed by atoms with Crippen molar-refractivity contribution in [2.45, 2.75) is 26.9 Å². The number of H-pyrrole nitrogens is 1. The molecule has 2 heterocycles. The monoisotopic (exact) mass is 360 g/mol. The number of aryl methyl sites for hydroxylation is 1. The fourth-order valence-corrected chi connectivity index (χ4v) is 2.01. The van der Waals surface area contributed by atoms with Gasteiger partial charge in [0, 0.05) is 6.07 Å². The van der Waals surface area contributed by atoms with Crippen molar-refractivity contribution in [3.8, 4) is 11.9 Å². The van der Waals surface area contributed by atoms with Gasteiger partial charge in [0.25, 0.3) is 5.56 Å². The zero-order valence-corrected chi connectivity index (χ0v) is 13.6. The van der Waals surface area contributed by atoms with Crippen molar-refractivity contribution >= 4 is 11.6 Å². The first-order valence-corrected chi connectivity index (χ1v) is 7.04. The van der Waals surface area contributed by atoms with E-state index in [1.165, 1.54) is 13.0 Å². The Morgan fingerprint density at radius 1 is 1.29 bits per heavy atom. The lowest BCUT2D eigenvalue weighted by molar-refractivity contribution is -0.141. The Balaban J connectivity index is 0.00000139. The summed E-state index contributed by atoms with van der Waals surface area (Å²) in [6.07, 6.45) is -4.86. The van der Waals surface area contributed by atoms with Gasteiger partial charge in [-0.3, -0.25) is 4.79 Å². The van der Waals surface area contributed by atoms with Gasteiger partial charge in [-0.1, -0.05) is 25.4 Å². The molecule has 0 saturated carbocycles. The van der Waals surface area contributed by atoms with Crippen molar-refractivity contribution in [1.29, 1.82) is 5.26 Å². The van der Waals surface area contributed by atoms with Crippen LogP contribution in [0.3, 0.4) is 0 Å². The van der Waals surface area contributed by atoms with Crippen LogP contribution in [0.5, 0.6) is 0 Å². The van der Waals surface area contributed by atoms with Crippen molar-refractivity contribution in [2.75, 3.05) is 0 Å². The lowest BCUT2D eigenvalue weighted by Crippen LogP contribution is -2.36. The number of hydrogen-bond donors (Lipinski definition) is 1.